The van der Waals surface area contributed by atoms with Crippen LogP contribution in [0.2, 0.25) is 5.02 Å². The average Bonchev–Trinajstić information content (AvgIpc) is 3.01. The van der Waals surface area contributed by atoms with Crippen molar-refractivity contribution in [2.24, 2.45) is 0 Å². The zero-order valence-corrected chi connectivity index (χ0v) is 15.2. The summed E-state index contributed by atoms with van der Waals surface area (Å²) in [6.07, 6.45) is 3.86. The van der Waals surface area contributed by atoms with E-state index in [1.807, 2.05) is 41.2 Å². The Morgan fingerprint density at radius 1 is 1.04 bits per heavy atom. The van der Waals surface area contributed by atoms with Crippen molar-refractivity contribution in [2.45, 2.75) is 20.4 Å². The topological polar surface area (TPSA) is 29.9 Å². The van der Waals surface area contributed by atoms with Gasteiger partial charge in [0.25, 0.3) is 0 Å². The van der Waals surface area contributed by atoms with E-state index in [0.717, 1.165) is 22.2 Å². The van der Waals surface area contributed by atoms with Crippen LogP contribution in [-0.4, -0.2) is 4.98 Å². The summed E-state index contributed by atoms with van der Waals surface area (Å²) in [7, 11) is 0. The van der Waals surface area contributed by atoms with Crippen LogP contribution in [0.25, 0.3) is 22.6 Å². The maximum absolute atomic E-state index is 13.2. The molecule has 4 aromatic rings. The molecular formula is C21H17ClFN2O+. The maximum atomic E-state index is 13.2. The second kappa shape index (κ2) is 6.54. The zero-order valence-electron chi connectivity index (χ0n) is 14.5. The van der Waals surface area contributed by atoms with Crippen LogP contribution in [0.1, 0.15) is 16.7 Å². The summed E-state index contributed by atoms with van der Waals surface area (Å²) in [4.78, 5) is 4.58. The zero-order chi connectivity index (χ0) is 18.3. The maximum Gasteiger partial charge on any atom is 0.227 e. The molecule has 0 unspecified atom stereocenters. The number of hydrogen-bond acceptors (Lipinski definition) is 2. The molecule has 130 valence electrons. The Balaban J connectivity index is 1.61. The molecule has 0 saturated heterocycles. The molecular weight excluding hydrogens is 351 g/mol. The summed E-state index contributed by atoms with van der Waals surface area (Å²) in [6, 6.07) is 12.4. The smallest absolute Gasteiger partial charge is 0.227 e. The molecule has 0 aliphatic carbocycles. The van der Waals surface area contributed by atoms with Crippen molar-refractivity contribution in [3.05, 3.63) is 82.4 Å². The van der Waals surface area contributed by atoms with Crippen LogP contribution in [0, 0.1) is 19.7 Å². The quantitative estimate of drug-likeness (QED) is 0.463. The standard InChI is InChI=1S/C21H17ClFN2O/c1-13-9-19-20(10-14(13)2)26-21(24-19)15-5-7-25(8-6-15)12-16-3-4-17(23)11-18(16)22/h3-11H,12H2,1-2H3/q+1. The van der Waals surface area contributed by atoms with Gasteiger partial charge in [-0.25, -0.2) is 13.9 Å². The molecule has 2 aromatic carbocycles. The molecule has 0 N–H and O–H groups in total. The summed E-state index contributed by atoms with van der Waals surface area (Å²) >= 11 is 6.10. The number of aryl methyl sites for hydroxylation is 2. The first-order valence-corrected chi connectivity index (χ1v) is 8.68. The fourth-order valence-electron chi connectivity index (χ4n) is 2.86. The molecule has 0 radical (unpaired) electrons. The molecule has 0 atom stereocenters. The highest BCUT2D eigenvalue weighted by Crippen LogP contribution is 2.26. The number of halogens is 2. The van der Waals surface area contributed by atoms with E-state index in [2.05, 4.69) is 18.8 Å². The second-order valence-corrected chi connectivity index (χ2v) is 6.83. The third kappa shape index (κ3) is 3.20. The van der Waals surface area contributed by atoms with Crippen LogP contribution >= 0.6 is 11.6 Å². The third-order valence-corrected chi connectivity index (χ3v) is 4.86. The molecule has 0 spiro atoms. The molecule has 0 amide bonds. The fourth-order valence-corrected chi connectivity index (χ4v) is 3.08. The van der Waals surface area contributed by atoms with Crippen molar-refractivity contribution in [3.8, 4) is 11.5 Å². The highest BCUT2D eigenvalue weighted by atomic mass is 35.5. The lowest BCUT2D eigenvalue weighted by Crippen LogP contribution is -2.33. The van der Waals surface area contributed by atoms with Gasteiger partial charge in [0.15, 0.2) is 24.5 Å². The monoisotopic (exact) mass is 367 g/mol. The van der Waals surface area contributed by atoms with E-state index in [0.29, 0.717) is 17.5 Å². The van der Waals surface area contributed by atoms with Gasteiger partial charge >= 0.3 is 0 Å². The van der Waals surface area contributed by atoms with Crippen LogP contribution in [0.5, 0.6) is 0 Å². The number of pyridine rings is 1. The molecule has 26 heavy (non-hydrogen) atoms. The van der Waals surface area contributed by atoms with E-state index in [1.165, 1.54) is 23.3 Å². The fraction of sp³-hybridized carbons (Fsp3) is 0.143. The van der Waals surface area contributed by atoms with Crippen molar-refractivity contribution < 1.29 is 13.4 Å². The number of oxazole rings is 1. The predicted octanol–water partition coefficient (Wildman–Crippen LogP) is 5.24. The van der Waals surface area contributed by atoms with Crippen LogP contribution in [0.15, 0.2) is 59.3 Å². The summed E-state index contributed by atoms with van der Waals surface area (Å²) in [5.41, 5.74) is 5.79. The molecule has 0 bridgehead atoms. The molecule has 0 aliphatic rings. The second-order valence-electron chi connectivity index (χ2n) is 6.42. The van der Waals surface area contributed by atoms with Crippen molar-refractivity contribution in [1.29, 1.82) is 0 Å². The summed E-state index contributed by atoms with van der Waals surface area (Å²) in [6.45, 7) is 4.68. The van der Waals surface area contributed by atoms with Gasteiger partial charge in [0.05, 0.1) is 5.02 Å². The Morgan fingerprint density at radius 3 is 2.50 bits per heavy atom. The Hall–Kier alpha value is -2.72. The molecule has 2 heterocycles. The normalized spacial score (nSPS) is 11.2. The first-order valence-electron chi connectivity index (χ1n) is 8.31. The van der Waals surface area contributed by atoms with Crippen molar-refractivity contribution in [3.63, 3.8) is 0 Å². The van der Waals surface area contributed by atoms with Crippen LogP contribution in [0.4, 0.5) is 4.39 Å². The molecule has 2 aromatic heterocycles. The number of rotatable bonds is 3. The van der Waals surface area contributed by atoms with Crippen LogP contribution in [-0.2, 0) is 6.54 Å². The molecule has 5 heteroatoms. The minimum atomic E-state index is -0.333. The lowest BCUT2D eigenvalue weighted by Gasteiger charge is -2.01. The third-order valence-electron chi connectivity index (χ3n) is 4.51. The van der Waals surface area contributed by atoms with Gasteiger partial charge in [0.1, 0.15) is 11.3 Å². The van der Waals surface area contributed by atoms with E-state index >= 15 is 0 Å². The average molecular weight is 368 g/mol. The molecule has 3 nitrogen and oxygen atoms in total. The summed E-state index contributed by atoms with van der Waals surface area (Å²) < 4.78 is 21.0. The van der Waals surface area contributed by atoms with E-state index in [-0.39, 0.29) is 5.82 Å². The van der Waals surface area contributed by atoms with E-state index in [1.54, 1.807) is 6.07 Å². The highest BCUT2D eigenvalue weighted by Gasteiger charge is 2.12. The van der Waals surface area contributed by atoms with Gasteiger partial charge in [0, 0.05) is 23.3 Å². The van der Waals surface area contributed by atoms with Gasteiger partial charge in [-0.2, -0.15) is 0 Å². The van der Waals surface area contributed by atoms with Crippen LogP contribution < -0.4 is 4.57 Å². The van der Waals surface area contributed by atoms with E-state index in [9.17, 15) is 4.39 Å². The van der Waals surface area contributed by atoms with Crippen LogP contribution in [0.3, 0.4) is 0 Å². The van der Waals surface area contributed by atoms with Crippen molar-refractivity contribution >= 4 is 22.7 Å². The highest BCUT2D eigenvalue weighted by molar-refractivity contribution is 6.31. The molecule has 0 fully saturated rings. The predicted molar refractivity (Wildman–Crippen MR) is 99.6 cm³/mol. The van der Waals surface area contributed by atoms with E-state index in [4.69, 9.17) is 16.0 Å². The Labute approximate surface area is 155 Å². The minimum Gasteiger partial charge on any atom is -0.436 e. The van der Waals surface area contributed by atoms with Gasteiger partial charge in [-0.3, -0.25) is 0 Å². The van der Waals surface area contributed by atoms with Gasteiger partial charge in [-0.15, -0.1) is 0 Å². The van der Waals surface area contributed by atoms with Gasteiger partial charge < -0.3 is 4.42 Å². The van der Waals surface area contributed by atoms with Gasteiger partial charge in [-0.05, 0) is 55.3 Å². The molecule has 0 saturated carbocycles. The number of hydrogen-bond donors (Lipinski definition) is 0. The first kappa shape index (κ1) is 16.7. The Morgan fingerprint density at radius 2 is 1.77 bits per heavy atom. The first-order chi connectivity index (χ1) is 12.5. The largest absolute Gasteiger partial charge is 0.436 e. The number of nitrogens with zero attached hydrogens (tertiary/aromatic N) is 2. The number of fused-ring (bicyclic) bond motifs is 1. The minimum absolute atomic E-state index is 0.333. The Bertz CT molecular complexity index is 1060. The molecule has 0 aliphatic heterocycles. The van der Waals surface area contributed by atoms with E-state index < -0.39 is 0 Å². The SMILES string of the molecule is Cc1cc2nc(-c3cc[n+](Cc4ccc(F)cc4Cl)cc3)oc2cc1C. The lowest BCUT2D eigenvalue weighted by atomic mass is 10.1. The van der Waals surface area contributed by atoms with Gasteiger partial charge in [-0.1, -0.05) is 11.6 Å². The summed E-state index contributed by atoms with van der Waals surface area (Å²) in [5.74, 6) is 0.262. The Kier molecular flexibility index (Phi) is 4.21. The van der Waals surface area contributed by atoms with Gasteiger partial charge in [0.2, 0.25) is 5.89 Å². The van der Waals surface area contributed by atoms with Crippen molar-refractivity contribution in [1.82, 2.24) is 4.98 Å². The number of benzene rings is 2. The number of aromatic nitrogens is 2. The lowest BCUT2D eigenvalue weighted by molar-refractivity contribution is -0.688. The van der Waals surface area contributed by atoms with Crippen molar-refractivity contribution in [2.75, 3.05) is 0 Å². The molecule has 4 rings (SSSR count). The summed E-state index contributed by atoms with van der Waals surface area (Å²) in [5, 5.41) is 0.422.